The lowest BCUT2D eigenvalue weighted by atomic mass is 10.2. The van der Waals surface area contributed by atoms with Gasteiger partial charge in [-0.05, 0) is 12.1 Å². The largest absolute Gasteiger partial charge is 0.465 e. The maximum atomic E-state index is 12.1. The van der Waals surface area contributed by atoms with E-state index in [1.54, 1.807) is 0 Å². The van der Waals surface area contributed by atoms with E-state index < -0.39 is 23.0 Å². The maximum Gasteiger partial charge on any atom is 0.433 e. The molecule has 0 saturated heterocycles. The highest BCUT2D eigenvalue weighted by Gasteiger charge is 2.33. The molecule has 0 bridgehead atoms. The Morgan fingerprint density at radius 3 is 2.47 bits per heavy atom. The van der Waals surface area contributed by atoms with Gasteiger partial charge in [0.2, 0.25) is 0 Å². The van der Waals surface area contributed by atoms with E-state index in [-0.39, 0.29) is 5.56 Å². The average Bonchev–Trinajstić information content (AvgIpc) is 2.15. The Balaban J connectivity index is 3.15. The second-order valence-electron chi connectivity index (χ2n) is 2.52. The summed E-state index contributed by atoms with van der Waals surface area (Å²) >= 11 is 5.40. The number of halogens is 4. The Morgan fingerprint density at radius 1 is 1.47 bits per heavy atom. The number of nitrogens with zero attached hydrogens (tertiary/aromatic N) is 1. The topological polar surface area (TPSA) is 39.2 Å². The molecule has 15 heavy (non-hydrogen) atoms. The van der Waals surface area contributed by atoms with Crippen LogP contribution in [0.2, 0.25) is 5.15 Å². The summed E-state index contributed by atoms with van der Waals surface area (Å²) in [5, 5.41) is -0.531. The van der Waals surface area contributed by atoms with Crippen LogP contribution < -0.4 is 0 Å². The van der Waals surface area contributed by atoms with Gasteiger partial charge in [0.15, 0.2) is 0 Å². The fourth-order valence-electron chi connectivity index (χ4n) is 0.854. The van der Waals surface area contributed by atoms with Crippen LogP contribution >= 0.6 is 11.6 Å². The van der Waals surface area contributed by atoms with Crippen LogP contribution in [0.5, 0.6) is 0 Å². The van der Waals surface area contributed by atoms with E-state index >= 15 is 0 Å². The summed E-state index contributed by atoms with van der Waals surface area (Å²) in [6, 6.07) is 1.59. The molecular weight excluding hydrogens is 235 g/mol. The molecule has 0 amide bonds. The summed E-state index contributed by atoms with van der Waals surface area (Å²) in [6.45, 7) is 0. The van der Waals surface area contributed by atoms with Gasteiger partial charge in [-0.2, -0.15) is 13.2 Å². The molecule has 0 atom stereocenters. The van der Waals surface area contributed by atoms with Gasteiger partial charge >= 0.3 is 12.1 Å². The van der Waals surface area contributed by atoms with Gasteiger partial charge in [-0.3, -0.25) is 0 Å². The van der Waals surface area contributed by atoms with Crippen LogP contribution in [0.3, 0.4) is 0 Å². The van der Waals surface area contributed by atoms with Crippen molar-refractivity contribution in [2.45, 2.75) is 6.18 Å². The summed E-state index contributed by atoms with van der Waals surface area (Å²) < 4.78 is 40.7. The van der Waals surface area contributed by atoms with Crippen molar-refractivity contribution in [3.05, 3.63) is 28.5 Å². The summed E-state index contributed by atoms with van der Waals surface area (Å²) in [7, 11) is 1.09. The summed E-state index contributed by atoms with van der Waals surface area (Å²) in [5.74, 6) is -0.832. The molecule has 0 spiro atoms. The van der Waals surface area contributed by atoms with Gasteiger partial charge in [0.05, 0.1) is 12.7 Å². The summed E-state index contributed by atoms with van der Waals surface area (Å²) in [6.07, 6.45) is -4.59. The van der Waals surface area contributed by atoms with Gasteiger partial charge in [0.1, 0.15) is 10.8 Å². The van der Waals surface area contributed by atoms with E-state index in [0.717, 1.165) is 13.2 Å². The van der Waals surface area contributed by atoms with E-state index in [1.807, 2.05) is 0 Å². The normalized spacial score (nSPS) is 11.3. The van der Waals surface area contributed by atoms with Crippen molar-refractivity contribution < 1.29 is 22.7 Å². The lowest BCUT2D eigenvalue weighted by Crippen LogP contribution is -2.10. The number of ether oxygens (including phenoxy) is 1. The zero-order chi connectivity index (χ0) is 11.6. The molecule has 1 aromatic heterocycles. The van der Waals surface area contributed by atoms with Crippen LogP contribution in [0.25, 0.3) is 0 Å². The minimum atomic E-state index is -4.59. The molecule has 0 fully saturated rings. The number of hydrogen-bond donors (Lipinski definition) is 0. The monoisotopic (exact) mass is 239 g/mol. The minimum absolute atomic E-state index is 0.202. The van der Waals surface area contributed by atoms with Crippen molar-refractivity contribution in [2.75, 3.05) is 7.11 Å². The molecule has 0 aliphatic rings. The first-order chi connectivity index (χ1) is 6.86. The smallest absolute Gasteiger partial charge is 0.433 e. The highest BCUT2D eigenvalue weighted by molar-refractivity contribution is 6.32. The van der Waals surface area contributed by atoms with Crippen molar-refractivity contribution in [2.24, 2.45) is 0 Å². The predicted octanol–water partition coefficient (Wildman–Crippen LogP) is 2.54. The Bertz CT molecular complexity index is 392. The number of alkyl halides is 3. The van der Waals surface area contributed by atoms with Crippen LogP contribution in [0, 0.1) is 0 Å². The number of esters is 1. The van der Waals surface area contributed by atoms with Crippen molar-refractivity contribution >= 4 is 17.6 Å². The zero-order valence-corrected chi connectivity index (χ0v) is 8.19. The number of carbonyl (C=O) groups excluding carboxylic acids is 1. The molecule has 82 valence electrons. The summed E-state index contributed by atoms with van der Waals surface area (Å²) in [5.41, 5.74) is -1.35. The standard InChI is InChI=1S/C8H5ClF3NO2/c1-15-7(14)4-2-3-5(8(10,11)12)13-6(4)9/h2-3H,1H3. The molecule has 1 rings (SSSR count). The molecule has 0 saturated carbocycles. The van der Waals surface area contributed by atoms with Crippen LogP contribution in [-0.4, -0.2) is 18.1 Å². The van der Waals surface area contributed by atoms with Crippen molar-refractivity contribution in [1.82, 2.24) is 4.98 Å². The number of pyridine rings is 1. The van der Waals surface area contributed by atoms with E-state index in [9.17, 15) is 18.0 Å². The first-order valence-corrected chi connectivity index (χ1v) is 4.06. The van der Waals surface area contributed by atoms with Gasteiger partial charge in [-0.1, -0.05) is 11.6 Å². The minimum Gasteiger partial charge on any atom is -0.465 e. The molecule has 3 nitrogen and oxygen atoms in total. The third-order valence-electron chi connectivity index (χ3n) is 1.54. The number of rotatable bonds is 1. The molecule has 0 N–H and O–H groups in total. The molecule has 0 aromatic carbocycles. The highest BCUT2D eigenvalue weighted by Crippen LogP contribution is 2.29. The van der Waals surface area contributed by atoms with E-state index in [4.69, 9.17) is 11.6 Å². The fourth-order valence-corrected chi connectivity index (χ4v) is 1.09. The van der Waals surface area contributed by atoms with Gasteiger partial charge in [-0.15, -0.1) is 0 Å². The number of hydrogen-bond acceptors (Lipinski definition) is 3. The first kappa shape index (κ1) is 11.8. The van der Waals surface area contributed by atoms with Crippen molar-refractivity contribution in [3.8, 4) is 0 Å². The molecule has 1 heterocycles. The Hall–Kier alpha value is -1.30. The van der Waals surface area contributed by atoms with Crippen LogP contribution in [-0.2, 0) is 10.9 Å². The van der Waals surface area contributed by atoms with Crippen LogP contribution in [0.1, 0.15) is 16.1 Å². The van der Waals surface area contributed by atoms with Gasteiger partial charge in [-0.25, -0.2) is 9.78 Å². The van der Waals surface area contributed by atoms with Crippen LogP contribution in [0.15, 0.2) is 12.1 Å². The lowest BCUT2D eigenvalue weighted by Gasteiger charge is -2.07. The molecular formula is C8H5ClF3NO2. The Morgan fingerprint density at radius 2 is 2.07 bits per heavy atom. The highest BCUT2D eigenvalue weighted by atomic mass is 35.5. The number of aromatic nitrogens is 1. The van der Waals surface area contributed by atoms with Gasteiger partial charge in [0, 0.05) is 0 Å². The number of carbonyl (C=O) groups is 1. The van der Waals surface area contributed by atoms with Crippen molar-refractivity contribution in [1.29, 1.82) is 0 Å². The van der Waals surface area contributed by atoms with E-state index in [2.05, 4.69) is 9.72 Å². The van der Waals surface area contributed by atoms with Gasteiger partial charge in [0.25, 0.3) is 0 Å². The molecule has 7 heteroatoms. The fraction of sp³-hybridized carbons (Fsp3) is 0.250. The second-order valence-corrected chi connectivity index (χ2v) is 2.88. The lowest BCUT2D eigenvalue weighted by molar-refractivity contribution is -0.141. The first-order valence-electron chi connectivity index (χ1n) is 3.68. The third kappa shape index (κ3) is 2.59. The van der Waals surface area contributed by atoms with Crippen LogP contribution in [0.4, 0.5) is 13.2 Å². The summed E-state index contributed by atoms with van der Waals surface area (Å²) in [4.78, 5) is 14.0. The average molecular weight is 240 g/mol. The predicted molar refractivity (Wildman–Crippen MR) is 45.6 cm³/mol. The molecule has 0 aliphatic heterocycles. The molecule has 0 radical (unpaired) electrons. The third-order valence-corrected chi connectivity index (χ3v) is 1.83. The quantitative estimate of drug-likeness (QED) is 0.558. The van der Waals surface area contributed by atoms with Crippen molar-refractivity contribution in [3.63, 3.8) is 0 Å². The number of methoxy groups -OCH3 is 1. The zero-order valence-electron chi connectivity index (χ0n) is 7.43. The Kier molecular flexibility index (Phi) is 3.18. The van der Waals surface area contributed by atoms with E-state index in [1.165, 1.54) is 0 Å². The molecule has 0 unspecified atom stereocenters. The second kappa shape index (κ2) is 4.06. The SMILES string of the molecule is COC(=O)c1ccc(C(F)(F)F)nc1Cl. The Labute approximate surface area is 87.8 Å². The molecule has 1 aromatic rings. The van der Waals surface area contributed by atoms with Gasteiger partial charge < -0.3 is 4.74 Å². The maximum absolute atomic E-state index is 12.1. The van der Waals surface area contributed by atoms with E-state index in [0.29, 0.717) is 6.07 Å². The molecule has 0 aliphatic carbocycles.